The Labute approximate surface area is 180 Å². The third-order valence-electron chi connectivity index (χ3n) is 3.90. The molecule has 8 nitrogen and oxygen atoms in total. The Morgan fingerprint density at radius 2 is 2.00 bits per heavy atom. The van der Waals surface area contributed by atoms with Gasteiger partial charge in [0.05, 0.1) is 13.3 Å². The molecule has 3 aromatic rings. The van der Waals surface area contributed by atoms with Gasteiger partial charge in [-0.05, 0) is 54.1 Å². The summed E-state index contributed by atoms with van der Waals surface area (Å²) in [4.78, 5) is 22.9. The monoisotopic (exact) mass is 472 g/mol. The predicted molar refractivity (Wildman–Crippen MR) is 112 cm³/mol. The molecule has 0 spiro atoms. The standard InChI is InChI=1S/C21H17BrN2O6/c1-28-19-9-13(11-23-24-20(25)14-3-2-4-15(22)10-14)5-7-17(19)29-12-16-6-8-18(30-16)21(26)27/h2-11H,12H2,1H3,(H,24,25)(H,26,27)/b23-11-. The number of furan rings is 1. The number of carbonyl (C=O) groups excluding carboxylic acids is 1. The molecular formula is C21H17BrN2O6. The van der Waals surface area contributed by atoms with Gasteiger partial charge in [-0.1, -0.05) is 22.0 Å². The maximum Gasteiger partial charge on any atom is 0.371 e. The van der Waals surface area contributed by atoms with E-state index in [9.17, 15) is 9.59 Å². The van der Waals surface area contributed by atoms with E-state index >= 15 is 0 Å². The van der Waals surface area contributed by atoms with Gasteiger partial charge in [-0.3, -0.25) is 4.79 Å². The second kappa shape index (κ2) is 9.75. The number of hydrazone groups is 1. The average molecular weight is 473 g/mol. The van der Waals surface area contributed by atoms with Crippen molar-refractivity contribution in [1.82, 2.24) is 5.43 Å². The maximum atomic E-state index is 12.1. The Morgan fingerprint density at radius 1 is 1.17 bits per heavy atom. The van der Waals surface area contributed by atoms with Gasteiger partial charge in [0.15, 0.2) is 11.5 Å². The highest BCUT2D eigenvalue weighted by Crippen LogP contribution is 2.28. The fourth-order valence-corrected chi connectivity index (χ4v) is 2.86. The Hall–Kier alpha value is -3.59. The van der Waals surface area contributed by atoms with Gasteiger partial charge in [0.2, 0.25) is 5.76 Å². The van der Waals surface area contributed by atoms with Gasteiger partial charge >= 0.3 is 5.97 Å². The number of hydrogen-bond donors (Lipinski definition) is 2. The summed E-state index contributed by atoms with van der Waals surface area (Å²) in [6.45, 7) is 0.0414. The lowest BCUT2D eigenvalue weighted by molar-refractivity contribution is 0.0657. The number of carboxylic acids is 1. The zero-order valence-corrected chi connectivity index (χ0v) is 17.4. The molecule has 3 rings (SSSR count). The van der Waals surface area contributed by atoms with Crippen LogP contribution in [0.3, 0.4) is 0 Å². The summed E-state index contributed by atoms with van der Waals surface area (Å²) in [6, 6.07) is 15.0. The van der Waals surface area contributed by atoms with E-state index in [-0.39, 0.29) is 18.3 Å². The van der Waals surface area contributed by atoms with Crippen molar-refractivity contribution in [2.45, 2.75) is 6.61 Å². The number of amides is 1. The molecule has 0 atom stereocenters. The average Bonchev–Trinajstić information content (AvgIpc) is 3.22. The minimum atomic E-state index is -1.14. The van der Waals surface area contributed by atoms with Gasteiger partial charge in [0, 0.05) is 10.0 Å². The Morgan fingerprint density at radius 3 is 2.70 bits per heavy atom. The molecule has 1 aromatic heterocycles. The van der Waals surface area contributed by atoms with Crippen molar-refractivity contribution < 1.29 is 28.6 Å². The maximum absolute atomic E-state index is 12.1. The Balaban J connectivity index is 1.62. The van der Waals surface area contributed by atoms with Crippen molar-refractivity contribution in [1.29, 1.82) is 0 Å². The van der Waals surface area contributed by atoms with Crippen molar-refractivity contribution >= 4 is 34.0 Å². The van der Waals surface area contributed by atoms with E-state index in [4.69, 9.17) is 19.0 Å². The van der Waals surface area contributed by atoms with Crippen LogP contribution in [0.15, 0.2) is 68.6 Å². The van der Waals surface area contributed by atoms with Crippen molar-refractivity contribution in [3.05, 3.63) is 81.7 Å². The van der Waals surface area contributed by atoms with E-state index in [0.717, 1.165) is 4.47 Å². The van der Waals surface area contributed by atoms with Crippen LogP contribution in [0.5, 0.6) is 11.5 Å². The number of carbonyl (C=O) groups is 2. The normalized spacial score (nSPS) is 10.7. The number of carboxylic acid groups (broad SMARTS) is 1. The van der Waals surface area contributed by atoms with E-state index in [0.29, 0.717) is 28.4 Å². The van der Waals surface area contributed by atoms with Crippen LogP contribution in [0.4, 0.5) is 0 Å². The SMILES string of the molecule is COc1cc(/C=N\NC(=O)c2cccc(Br)c2)ccc1OCc1ccc(C(=O)O)o1. The Bertz CT molecular complexity index is 1090. The molecule has 0 fully saturated rings. The summed E-state index contributed by atoms with van der Waals surface area (Å²) in [5.41, 5.74) is 3.62. The van der Waals surface area contributed by atoms with Gasteiger partial charge in [-0.15, -0.1) is 0 Å². The molecule has 0 aliphatic heterocycles. The van der Waals surface area contributed by atoms with Crippen LogP contribution < -0.4 is 14.9 Å². The first-order valence-electron chi connectivity index (χ1n) is 8.68. The number of nitrogens with zero attached hydrogens (tertiary/aromatic N) is 1. The summed E-state index contributed by atoms with van der Waals surface area (Å²) in [6.07, 6.45) is 1.48. The second-order valence-electron chi connectivity index (χ2n) is 5.98. The number of ether oxygens (including phenoxy) is 2. The minimum absolute atomic E-state index is 0.0414. The molecule has 0 unspecified atom stereocenters. The lowest BCUT2D eigenvalue weighted by atomic mass is 10.2. The molecule has 0 radical (unpaired) electrons. The fraction of sp³-hybridized carbons (Fsp3) is 0.0952. The van der Waals surface area contributed by atoms with Gasteiger partial charge in [0.1, 0.15) is 12.4 Å². The highest BCUT2D eigenvalue weighted by Gasteiger charge is 2.11. The molecule has 154 valence electrons. The molecule has 1 heterocycles. The third kappa shape index (κ3) is 5.48. The number of aromatic carboxylic acids is 1. The van der Waals surface area contributed by atoms with Gasteiger partial charge in [-0.25, -0.2) is 10.2 Å². The molecular weight excluding hydrogens is 456 g/mol. The highest BCUT2D eigenvalue weighted by atomic mass is 79.9. The summed E-state index contributed by atoms with van der Waals surface area (Å²) in [5, 5.41) is 12.8. The lowest BCUT2D eigenvalue weighted by Crippen LogP contribution is -2.17. The van der Waals surface area contributed by atoms with Crippen LogP contribution in [0.1, 0.15) is 32.2 Å². The van der Waals surface area contributed by atoms with Crippen molar-refractivity contribution in [3.63, 3.8) is 0 Å². The van der Waals surface area contributed by atoms with Crippen molar-refractivity contribution in [2.24, 2.45) is 5.10 Å². The first-order valence-corrected chi connectivity index (χ1v) is 9.47. The topological polar surface area (TPSA) is 110 Å². The van der Waals surface area contributed by atoms with Crippen LogP contribution in [0, 0.1) is 0 Å². The van der Waals surface area contributed by atoms with Gasteiger partial charge in [0.25, 0.3) is 5.91 Å². The van der Waals surface area contributed by atoms with Crippen LogP contribution in [-0.2, 0) is 6.61 Å². The van der Waals surface area contributed by atoms with Crippen LogP contribution in [0.25, 0.3) is 0 Å². The summed E-state index contributed by atoms with van der Waals surface area (Å²) in [5.74, 6) is -0.371. The fourth-order valence-electron chi connectivity index (χ4n) is 2.46. The van der Waals surface area contributed by atoms with Crippen LogP contribution in [-0.4, -0.2) is 30.3 Å². The Kier molecular flexibility index (Phi) is 6.87. The van der Waals surface area contributed by atoms with Crippen molar-refractivity contribution in [2.75, 3.05) is 7.11 Å². The molecule has 30 heavy (non-hydrogen) atoms. The highest BCUT2D eigenvalue weighted by molar-refractivity contribution is 9.10. The number of hydrogen-bond acceptors (Lipinski definition) is 6. The zero-order chi connectivity index (χ0) is 21.5. The molecule has 0 saturated carbocycles. The minimum Gasteiger partial charge on any atom is -0.493 e. The van der Waals surface area contributed by atoms with Crippen LogP contribution in [0.2, 0.25) is 0 Å². The smallest absolute Gasteiger partial charge is 0.371 e. The van der Waals surface area contributed by atoms with Gasteiger partial charge in [-0.2, -0.15) is 5.10 Å². The molecule has 0 saturated heterocycles. The molecule has 9 heteroatoms. The summed E-state index contributed by atoms with van der Waals surface area (Å²) >= 11 is 3.32. The summed E-state index contributed by atoms with van der Waals surface area (Å²) < 4.78 is 16.9. The molecule has 0 bridgehead atoms. The largest absolute Gasteiger partial charge is 0.493 e. The quantitative estimate of drug-likeness (QED) is 0.377. The zero-order valence-electron chi connectivity index (χ0n) is 15.8. The summed E-state index contributed by atoms with van der Waals surface area (Å²) in [7, 11) is 1.49. The van der Waals surface area contributed by atoms with Gasteiger partial charge < -0.3 is 19.0 Å². The van der Waals surface area contributed by atoms with E-state index in [2.05, 4.69) is 26.5 Å². The van der Waals surface area contributed by atoms with Crippen molar-refractivity contribution in [3.8, 4) is 11.5 Å². The second-order valence-corrected chi connectivity index (χ2v) is 6.90. The molecule has 0 aliphatic carbocycles. The number of rotatable bonds is 8. The van der Waals surface area contributed by atoms with Crippen LogP contribution >= 0.6 is 15.9 Å². The van der Waals surface area contributed by atoms with E-state index in [1.807, 2.05) is 6.07 Å². The predicted octanol–water partition coefficient (Wildman–Crippen LogP) is 4.09. The van der Waals surface area contributed by atoms with E-state index < -0.39 is 5.97 Å². The first-order chi connectivity index (χ1) is 14.5. The molecule has 1 amide bonds. The molecule has 0 aliphatic rings. The first kappa shape index (κ1) is 21.1. The van der Waals surface area contributed by atoms with E-state index in [1.165, 1.54) is 25.5 Å². The lowest BCUT2D eigenvalue weighted by Gasteiger charge is -2.10. The molecule has 2 N–H and O–H groups in total. The third-order valence-corrected chi connectivity index (χ3v) is 4.39. The number of nitrogens with one attached hydrogen (secondary N) is 1. The number of methoxy groups -OCH3 is 1. The van der Waals surface area contributed by atoms with E-state index in [1.54, 1.807) is 36.4 Å². The number of benzene rings is 2. The molecule has 2 aromatic carbocycles. The number of halogens is 1.